The predicted octanol–water partition coefficient (Wildman–Crippen LogP) is 3.00. The Morgan fingerprint density at radius 3 is 2.92 bits per heavy atom. The maximum absolute atomic E-state index is 13.7. The van der Waals surface area contributed by atoms with Gasteiger partial charge in [-0.3, -0.25) is 14.2 Å². The number of rotatable bonds is 5. The number of hydrogen-bond acceptors (Lipinski definition) is 4. The Hall–Kier alpha value is -2.61. The molecule has 0 aliphatic rings. The van der Waals surface area contributed by atoms with Gasteiger partial charge in [0.1, 0.15) is 16.5 Å². The Kier molecular flexibility index (Phi) is 4.89. The van der Waals surface area contributed by atoms with Crippen molar-refractivity contribution >= 4 is 27.5 Å². The number of fused-ring (bicyclic) bond motifs is 1. The third-order valence-electron chi connectivity index (χ3n) is 3.84. The van der Waals surface area contributed by atoms with E-state index in [2.05, 4.69) is 10.3 Å². The Balaban J connectivity index is 1.64. The van der Waals surface area contributed by atoms with Crippen LogP contribution in [-0.4, -0.2) is 15.5 Å². The van der Waals surface area contributed by atoms with Crippen molar-refractivity contribution in [1.82, 2.24) is 14.9 Å². The number of thiophene rings is 1. The fourth-order valence-electron chi connectivity index (χ4n) is 2.52. The highest BCUT2D eigenvalue weighted by atomic mass is 32.1. The highest BCUT2D eigenvalue weighted by Gasteiger charge is 2.14. The van der Waals surface area contributed by atoms with E-state index in [4.69, 9.17) is 0 Å². The van der Waals surface area contributed by atoms with E-state index in [1.807, 2.05) is 0 Å². The van der Waals surface area contributed by atoms with E-state index in [0.29, 0.717) is 10.2 Å². The molecule has 0 fully saturated rings. The minimum Gasteiger partial charge on any atom is -0.349 e. The number of hydrogen-bond donors (Lipinski definition) is 1. The molecule has 0 bridgehead atoms. The second-order valence-electron chi connectivity index (χ2n) is 5.59. The van der Waals surface area contributed by atoms with Crippen molar-refractivity contribution in [2.75, 3.05) is 0 Å². The van der Waals surface area contributed by atoms with Gasteiger partial charge in [-0.1, -0.05) is 6.07 Å². The van der Waals surface area contributed by atoms with Gasteiger partial charge >= 0.3 is 0 Å². The Labute approximate surface area is 145 Å². The van der Waals surface area contributed by atoms with Crippen molar-refractivity contribution in [3.8, 4) is 0 Å². The minimum atomic E-state index is -0.712. The number of aryl methyl sites for hydroxylation is 1. The molecule has 0 aliphatic carbocycles. The van der Waals surface area contributed by atoms with Crippen molar-refractivity contribution in [2.45, 2.75) is 25.9 Å². The fourth-order valence-corrected chi connectivity index (χ4v) is 3.24. The summed E-state index contributed by atoms with van der Waals surface area (Å²) in [5.41, 5.74) is 0.00459. The maximum atomic E-state index is 13.7. The van der Waals surface area contributed by atoms with Crippen LogP contribution in [0.5, 0.6) is 0 Å². The van der Waals surface area contributed by atoms with Crippen molar-refractivity contribution in [1.29, 1.82) is 0 Å². The van der Waals surface area contributed by atoms with Crippen molar-refractivity contribution in [3.05, 3.63) is 63.5 Å². The van der Waals surface area contributed by atoms with Crippen LogP contribution in [0, 0.1) is 11.6 Å². The average molecular weight is 363 g/mol. The Bertz CT molecular complexity index is 983. The highest BCUT2D eigenvalue weighted by Crippen LogP contribution is 2.18. The predicted molar refractivity (Wildman–Crippen MR) is 91.4 cm³/mol. The average Bonchev–Trinajstić information content (AvgIpc) is 3.03. The molecule has 0 radical (unpaired) electrons. The molecule has 5 nitrogen and oxygen atoms in total. The molecule has 3 aromatic rings. The first kappa shape index (κ1) is 17.2. The lowest BCUT2D eigenvalue weighted by Crippen LogP contribution is -2.29. The number of aromatic nitrogens is 2. The molecule has 2 aromatic heterocycles. The van der Waals surface area contributed by atoms with Crippen molar-refractivity contribution < 1.29 is 13.6 Å². The van der Waals surface area contributed by atoms with Gasteiger partial charge in [0, 0.05) is 24.6 Å². The molecule has 1 atom stereocenters. The smallest absolute Gasteiger partial charge is 0.262 e. The summed E-state index contributed by atoms with van der Waals surface area (Å²) in [5, 5.41) is 4.95. The zero-order valence-electron chi connectivity index (χ0n) is 13.3. The number of benzene rings is 1. The molecule has 8 heteroatoms. The molecule has 1 amide bonds. The third kappa shape index (κ3) is 3.74. The van der Waals surface area contributed by atoms with Gasteiger partial charge in [-0.05, 0) is 24.4 Å². The summed E-state index contributed by atoms with van der Waals surface area (Å²) in [5.74, 6) is -1.72. The van der Waals surface area contributed by atoms with Gasteiger partial charge < -0.3 is 5.32 Å². The van der Waals surface area contributed by atoms with Crippen LogP contribution in [0.25, 0.3) is 10.2 Å². The van der Waals surface area contributed by atoms with Gasteiger partial charge in [0.25, 0.3) is 5.56 Å². The Morgan fingerprint density at radius 2 is 2.16 bits per heavy atom. The first-order chi connectivity index (χ1) is 12.0. The van der Waals surface area contributed by atoms with Crippen LogP contribution in [0.3, 0.4) is 0 Å². The largest absolute Gasteiger partial charge is 0.349 e. The number of carbonyl (C=O) groups excluding carboxylic acids is 1. The molecule has 0 spiro atoms. The number of nitrogens with zero attached hydrogens (tertiary/aromatic N) is 2. The highest BCUT2D eigenvalue weighted by molar-refractivity contribution is 7.16. The third-order valence-corrected chi connectivity index (χ3v) is 4.66. The quantitative estimate of drug-likeness (QED) is 0.758. The fraction of sp³-hybridized carbons (Fsp3) is 0.235. The molecule has 0 unspecified atom stereocenters. The number of halogens is 2. The SMILES string of the molecule is C[C@@H](NC(=O)CCn1cnc2sccc2c1=O)c1ccc(F)cc1F. The van der Waals surface area contributed by atoms with Gasteiger partial charge in [0.05, 0.1) is 17.8 Å². The minimum absolute atomic E-state index is 0.0460. The van der Waals surface area contributed by atoms with Crippen LogP contribution >= 0.6 is 11.3 Å². The molecular weight excluding hydrogens is 348 g/mol. The summed E-state index contributed by atoms with van der Waals surface area (Å²) in [4.78, 5) is 29.1. The molecule has 1 N–H and O–H groups in total. The molecule has 3 rings (SSSR count). The Morgan fingerprint density at radius 1 is 1.36 bits per heavy atom. The van der Waals surface area contributed by atoms with Crippen LogP contribution < -0.4 is 10.9 Å². The zero-order chi connectivity index (χ0) is 18.0. The lowest BCUT2D eigenvalue weighted by Gasteiger charge is -2.15. The second-order valence-corrected chi connectivity index (χ2v) is 6.48. The molecule has 25 heavy (non-hydrogen) atoms. The molecule has 0 aliphatic heterocycles. The molecule has 0 saturated carbocycles. The van der Waals surface area contributed by atoms with Crippen LogP contribution in [-0.2, 0) is 11.3 Å². The van der Waals surface area contributed by atoms with Crippen LogP contribution in [0.15, 0.2) is 40.8 Å². The number of amides is 1. The van der Waals surface area contributed by atoms with Crippen LogP contribution in [0.4, 0.5) is 8.78 Å². The van der Waals surface area contributed by atoms with E-state index < -0.39 is 17.7 Å². The van der Waals surface area contributed by atoms with Crippen LogP contribution in [0.2, 0.25) is 0 Å². The lowest BCUT2D eigenvalue weighted by molar-refractivity contribution is -0.122. The first-order valence-electron chi connectivity index (χ1n) is 7.62. The topological polar surface area (TPSA) is 64.0 Å². The molecule has 130 valence electrons. The lowest BCUT2D eigenvalue weighted by atomic mass is 10.1. The van der Waals surface area contributed by atoms with E-state index in [0.717, 1.165) is 12.1 Å². The van der Waals surface area contributed by atoms with Crippen LogP contribution in [0.1, 0.15) is 24.9 Å². The van der Waals surface area contributed by atoms with Crippen molar-refractivity contribution in [2.24, 2.45) is 0 Å². The van der Waals surface area contributed by atoms with Gasteiger partial charge in [0.15, 0.2) is 0 Å². The van der Waals surface area contributed by atoms with Gasteiger partial charge in [-0.25, -0.2) is 13.8 Å². The molecule has 0 saturated heterocycles. The second kappa shape index (κ2) is 7.10. The number of nitrogens with one attached hydrogen (secondary N) is 1. The van der Waals surface area contributed by atoms with E-state index >= 15 is 0 Å². The summed E-state index contributed by atoms with van der Waals surface area (Å²) in [6, 6.07) is 4.31. The van der Waals surface area contributed by atoms with E-state index in [9.17, 15) is 18.4 Å². The monoisotopic (exact) mass is 363 g/mol. The van der Waals surface area contributed by atoms with E-state index in [1.54, 1.807) is 18.4 Å². The van der Waals surface area contributed by atoms with E-state index in [-0.39, 0.29) is 30.0 Å². The van der Waals surface area contributed by atoms with E-state index in [1.165, 1.54) is 28.3 Å². The number of carbonyl (C=O) groups is 1. The standard InChI is InChI=1S/C17H15F2N3O2S/c1-10(12-3-2-11(18)8-14(12)19)21-15(23)4-6-22-9-20-16-13(17(22)24)5-7-25-16/h2-3,5,7-10H,4,6H2,1H3,(H,21,23)/t10-/m1/s1. The summed E-state index contributed by atoms with van der Waals surface area (Å²) in [7, 11) is 0. The first-order valence-corrected chi connectivity index (χ1v) is 8.50. The van der Waals surface area contributed by atoms with Gasteiger partial charge in [0.2, 0.25) is 5.91 Å². The molecule has 2 heterocycles. The maximum Gasteiger partial charge on any atom is 0.262 e. The summed E-state index contributed by atoms with van der Waals surface area (Å²) in [6.07, 6.45) is 1.46. The van der Waals surface area contributed by atoms with Gasteiger partial charge in [-0.2, -0.15) is 0 Å². The summed E-state index contributed by atoms with van der Waals surface area (Å²) < 4.78 is 28.0. The zero-order valence-corrected chi connectivity index (χ0v) is 14.1. The molecular formula is C17H15F2N3O2S. The summed E-state index contributed by atoms with van der Waals surface area (Å²) in [6.45, 7) is 1.78. The van der Waals surface area contributed by atoms with Crippen molar-refractivity contribution in [3.63, 3.8) is 0 Å². The molecule has 1 aromatic carbocycles. The van der Waals surface area contributed by atoms with Gasteiger partial charge in [-0.15, -0.1) is 11.3 Å². The summed E-state index contributed by atoms with van der Waals surface area (Å²) >= 11 is 1.38. The normalized spacial score (nSPS) is 12.3.